The maximum atomic E-state index is 12.4. The van der Waals surface area contributed by atoms with E-state index in [4.69, 9.17) is 0 Å². The number of hydrogen-bond acceptors (Lipinski definition) is 3. The lowest BCUT2D eigenvalue weighted by Crippen LogP contribution is -2.09. The third kappa shape index (κ3) is 4.25. The summed E-state index contributed by atoms with van der Waals surface area (Å²) in [5, 5.41) is 3.05. The van der Waals surface area contributed by atoms with Gasteiger partial charge in [0.2, 0.25) is 0 Å². The molecule has 1 aromatic carbocycles. The molecule has 4 rings (SSSR count). The Bertz CT molecular complexity index is 916. The van der Waals surface area contributed by atoms with E-state index >= 15 is 0 Å². The van der Waals surface area contributed by atoms with Crippen LogP contribution in [0, 0.1) is 5.92 Å². The van der Waals surface area contributed by atoms with Crippen molar-refractivity contribution in [3.8, 4) is 10.7 Å². The summed E-state index contributed by atoms with van der Waals surface area (Å²) in [4.78, 5) is 9.02. The summed E-state index contributed by atoms with van der Waals surface area (Å²) in [7, 11) is -2.21. The summed E-state index contributed by atoms with van der Waals surface area (Å²) in [5.41, 5.74) is 3.67. The Morgan fingerprint density at radius 3 is 2.52 bits per heavy atom. The fourth-order valence-corrected chi connectivity index (χ4v) is 5.67. The normalized spacial score (nSPS) is 17.3. The summed E-state index contributed by atoms with van der Waals surface area (Å²) < 4.78 is 12.4. The monoisotopic (exact) mass is 400 g/mol. The number of H-pyrrole nitrogens is 1. The first kappa shape index (κ1) is 18.6. The number of aromatic nitrogens is 2. The summed E-state index contributed by atoms with van der Waals surface area (Å²) in [6.07, 6.45) is 12.1. The fraction of sp³-hybridized carbons (Fsp3) is 0.409. The van der Waals surface area contributed by atoms with Gasteiger partial charge in [0.1, 0.15) is 5.01 Å². The standard InChI is InChI=1S/C22H28N2OS2/c1-27(2,25)18-9-7-17(8-10-18)19(15-16-5-3-4-6-16)20-11-12-21(24-20)22-23-13-14-26-22/h7-14,16,19,24,27H,3-6,15H2,1-2H3. The number of aromatic amines is 1. The molecule has 0 radical (unpaired) electrons. The Morgan fingerprint density at radius 2 is 1.89 bits per heavy atom. The van der Waals surface area contributed by atoms with Gasteiger partial charge in [-0.05, 0) is 54.7 Å². The average molecular weight is 401 g/mol. The maximum Gasteiger partial charge on any atom is 0.139 e. The van der Waals surface area contributed by atoms with Crippen molar-refractivity contribution in [2.45, 2.75) is 42.9 Å². The van der Waals surface area contributed by atoms with E-state index in [2.05, 4.69) is 46.4 Å². The summed E-state index contributed by atoms with van der Waals surface area (Å²) in [5.74, 6) is 1.15. The molecule has 5 heteroatoms. The van der Waals surface area contributed by atoms with E-state index in [1.807, 2.05) is 24.1 Å². The first-order valence-corrected chi connectivity index (χ1v) is 13.2. The predicted octanol–water partition coefficient (Wildman–Crippen LogP) is 5.49. The van der Waals surface area contributed by atoms with Crippen LogP contribution in [0.15, 0.2) is 52.9 Å². The number of thiol groups is 1. The summed E-state index contributed by atoms with van der Waals surface area (Å²) in [6.45, 7) is 0. The quantitative estimate of drug-likeness (QED) is 0.538. The van der Waals surface area contributed by atoms with Crippen molar-refractivity contribution in [1.82, 2.24) is 9.97 Å². The molecule has 144 valence electrons. The first-order chi connectivity index (χ1) is 13.0. The Labute approximate surface area is 166 Å². The molecule has 1 fully saturated rings. The summed E-state index contributed by atoms with van der Waals surface area (Å²) >= 11 is 1.66. The van der Waals surface area contributed by atoms with E-state index in [1.54, 1.807) is 11.3 Å². The minimum absolute atomic E-state index is 0.351. The van der Waals surface area contributed by atoms with Crippen molar-refractivity contribution >= 4 is 21.3 Å². The summed E-state index contributed by atoms with van der Waals surface area (Å²) in [6, 6.07) is 12.8. The largest absolute Gasteiger partial charge is 0.356 e. The van der Waals surface area contributed by atoms with Gasteiger partial charge in [0.05, 0.1) is 5.69 Å². The molecule has 3 aromatic rings. The third-order valence-electron chi connectivity index (χ3n) is 5.71. The molecule has 1 saturated carbocycles. The maximum absolute atomic E-state index is 12.4. The minimum atomic E-state index is -2.21. The van der Waals surface area contributed by atoms with Gasteiger partial charge in [-0.1, -0.05) is 47.7 Å². The number of benzene rings is 1. The molecule has 1 aliphatic carbocycles. The molecule has 1 atom stereocenters. The lowest BCUT2D eigenvalue weighted by molar-refractivity contribution is 0.469. The average Bonchev–Trinajstić information content (AvgIpc) is 3.41. The molecule has 27 heavy (non-hydrogen) atoms. The molecule has 0 spiro atoms. The highest BCUT2D eigenvalue weighted by Gasteiger charge is 2.24. The number of nitrogens with zero attached hydrogens (tertiary/aromatic N) is 1. The lowest BCUT2D eigenvalue weighted by atomic mass is 9.86. The van der Waals surface area contributed by atoms with Crippen molar-refractivity contribution in [3.63, 3.8) is 0 Å². The van der Waals surface area contributed by atoms with Crippen molar-refractivity contribution < 1.29 is 4.21 Å². The molecular weight excluding hydrogens is 372 g/mol. The van der Waals surface area contributed by atoms with Crippen LogP contribution in [0.5, 0.6) is 0 Å². The van der Waals surface area contributed by atoms with Gasteiger partial charge >= 0.3 is 0 Å². The topological polar surface area (TPSA) is 45.8 Å². The van der Waals surface area contributed by atoms with Crippen molar-refractivity contribution in [2.75, 3.05) is 12.5 Å². The third-order valence-corrected chi connectivity index (χ3v) is 8.06. The molecule has 1 aliphatic rings. The van der Waals surface area contributed by atoms with Gasteiger partial charge < -0.3 is 4.98 Å². The zero-order valence-corrected chi connectivity index (χ0v) is 17.7. The highest BCUT2D eigenvalue weighted by Crippen LogP contribution is 2.38. The molecular formula is C22H28N2OS2. The Balaban J connectivity index is 1.65. The van der Waals surface area contributed by atoms with Crippen LogP contribution in [-0.4, -0.2) is 26.7 Å². The number of nitrogens with one attached hydrogen (secondary N) is 1. The fourth-order valence-electron chi connectivity index (χ4n) is 4.18. The van der Waals surface area contributed by atoms with E-state index in [9.17, 15) is 4.21 Å². The predicted molar refractivity (Wildman–Crippen MR) is 116 cm³/mol. The van der Waals surface area contributed by atoms with Crippen molar-refractivity contribution in [2.24, 2.45) is 5.92 Å². The van der Waals surface area contributed by atoms with Crippen molar-refractivity contribution in [3.05, 3.63) is 59.2 Å². The number of hydrogen-bond donors (Lipinski definition) is 2. The Hall–Kier alpha value is -1.72. The highest BCUT2D eigenvalue weighted by molar-refractivity contribution is 8.01. The number of rotatable bonds is 6. The van der Waals surface area contributed by atoms with E-state index < -0.39 is 9.93 Å². The van der Waals surface area contributed by atoms with E-state index in [-0.39, 0.29) is 0 Å². The molecule has 1 unspecified atom stereocenters. The molecule has 0 saturated heterocycles. The van der Waals surface area contributed by atoms with Crippen LogP contribution in [0.3, 0.4) is 0 Å². The van der Waals surface area contributed by atoms with Crippen LogP contribution in [0.4, 0.5) is 0 Å². The van der Waals surface area contributed by atoms with Crippen LogP contribution >= 0.6 is 11.3 Å². The molecule has 0 bridgehead atoms. The molecule has 1 N–H and O–H groups in total. The van der Waals surface area contributed by atoms with Crippen LogP contribution in [0.2, 0.25) is 0 Å². The first-order valence-electron chi connectivity index (χ1n) is 9.75. The zero-order valence-electron chi connectivity index (χ0n) is 16.0. The van der Waals surface area contributed by atoms with E-state index in [0.29, 0.717) is 5.92 Å². The highest BCUT2D eigenvalue weighted by atomic mass is 32.2. The van der Waals surface area contributed by atoms with Crippen LogP contribution < -0.4 is 0 Å². The van der Waals surface area contributed by atoms with E-state index in [0.717, 1.165) is 21.5 Å². The lowest BCUT2D eigenvalue weighted by Gasteiger charge is -2.21. The van der Waals surface area contributed by atoms with Gasteiger partial charge in [-0.2, -0.15) is 0 Å². The molecule has 0 aliphatic heterocycles. The smallest absolute Gasteiger partial charge is 0.139 e. The molecule has 3 nitrogen and oxygen atoms in total. The molecule has 2 aromatic heterocycles. The van der Waals surface area contributed by atoms with Gasteiger partial charge in [-0.15, -0.1) is 11.3 Å². The van der Waals surface area contributed by atoms with Gasteiger partial charge in [0.25, 0.3) is 0 Å². The van der Waals surface area contributed by atoms with Gasteiger partial charge in [-0.25, -0.2) is 4.98 Å². The Morgan fingerprint density at radius 1 is 1.15 bits per heavy atom. The van der Waals surface area contributed by atoms with E-state index in [1.165, 1.54) is 43.4 Å². The second-order valence-corrected chi connectivity index (χ2v) is 12.2. The number of thiazole rings is 1. The second kappa shape index (κ2) is 7.72. The van der Waals surface area contributed by atoms with Crippen LogP contribution in [-0.2, 0) is 9.93 Å². The SMILES string of the molecule is C[SH](C)(=O)c1ccc(C(CC2CCCC2)c2ccc(-c3nccs3)[nH]2)cc1. The molecule has 2 heterocycles. The zero-order chi connectivity index (χ0) is 18.9. The van der Waals surface area contributed by atoms with Crippen molar-refractivity contribution in [1.29, 1.82) is 0 Å². The van der Waals surface area contributed by atoms with Gasteiger partial charge in [0.15, 0.2) is 0 Å². The second-order valence-electron chi connectivity index (χ2n) is 8.05. The Kier molecular flexibility index (Phi) is 5.33. The molecule has 0 amide bonds. The van der Waals surface area contributed by atoms with Gasteiger partial charge in [0, 0.05) is 28.1 Å². The van der Waals surface area contributed by atoms with Gasteiger partial charge in [-0.3, -0.25) is 4.21 Å². The minimum Gasteiger partial charge on any atom is -0.356 e. The van der Waals surface area contributed by atoms with Crippen LogP contribution in [0.1, 0.15) is 49.3 Å². The van der Waals surface area contributed by atoms with Crippen LogP contribution in [0.25, 0.3) is 10.7 Å².